The molecule has 0 saturated heterocycles. The number of amides is 1. The van der Waals surface area contributed by atoms with Crippen LogP contribution in [0.4, 0.5) is 0 Å². The Hall–Kier alpha value is -4.26. The van der Waals surface area contributed by atoms with Crippen LogP contribution >= 0.6 is 0 Å². The Labute approximate surface area is 215 Å². The van der Waals surface area contributed by atoms with Crippen LogP contribution in [0.5, 0.6) is 11.5 Å². The number of rotatable bonds is 7. The molecule has 4 N–H and O–H groups in total. The maximum Gasteiger partial charge on any atom is 0.340 e. The lowest BCUT2D eigenvalue weighted by atomic mass is 9.98. The number of hydrogen-bond acceptors (Lipinski definition) is 10. The van der Waals surface area contributed by atoms with Gasteiger partial charge < -0.3 is 39.7 Å². The predicted octanol–water partition coefficient (Wildman–Crippen LogP) is 0.696. The molecule has 1 aromatic carbocycles. The number of cyclic esters (lactones) is 1. The number of esters is 1. The Morgan fingerprint density at radius 3 is 2.84 bits per heavy atom. The number of benzene rings is 1. The smallest absolute Gasteiger partial charge is 0.340 e. The van der Waals surface area contributed by atoms with Crippen LogP contribution in [0.15, 0.2) is 29.1 Å². The highest BCUT2D eigenvalue weighted by atomic mass is 16.7. The lowest BCUT2D eigenvalue weighted by Crippen LogP contribution is -2.32. The summed E-state index contributed by atoms with van der Waals surface area (Å²) in [7, 11) is 0. The fraction of sp³-hybridized carbons (Fsp3) is 0.308. The Morgan fingerprint density at radius 2 is 2.03 bits per heavy atom. The maximum absolute atomic E-state index is 13.3. The Kier molecular flexibility index (Phi) is 6.06. The fourth-order valence-corrected chi connectivity index (χ4v) is 4.87. The molecule has 1 atom stereocenters. The SMILES string of the molecule is NCC(=O)NCOCC/C=C/c1c2c(nc3cc4c(cc13)OCO4)-c1cc3c(c(=O)n1C2)COC(=O)[C@H]3O. The van der Waals surface area contributed by atoms with Gasteiger partial charge in [-0.25, -0.2) is 9.78 Å². The van der Waals surface area contributed by atoms with E-state index < -0.39 is 12.1 Å². The third kappa shape index (κ3) is 3.99. The summed E-state index contributed by atoms with van der Waals surface area (Å²) < 4.78 is 23.1. The zero-order valence-corrected chi connectivity index (χ0v) is 20.2. The van der Waals surface area contributed by atoms with Crippen molar-refractivity contribution in [2.75, 3.05) is 26.7 Å². The monoisotopic (exact) mass is 520 g/mol. The molecule has 38 heavy (non-hydrogen) atoms. The number of ether oxygens (including phenoxy) is 4. The molecular weight excluding hydrogens is 496 g/mol. The van der Waals surface area contributed by atoms with Gasteiger partial charge in [0.15, 0.2) is 17.6 Å². The molecule has 3 aliphatic heterocycles. The summed E-state index contributed by atoms with van der Waals surface area (Å²) in [4.78, 5) is 41.4. The third-order valence-electron chi connectivity index (χ3n) is 6.76. The van der Waals surface area contributed by atoms with Crippen molar-refractivity contribution in [2.45, 2.75) is 25.7 Å². The van der Waals surface area contributed by atoms with Crippen molar-refractivity contribution in [1.29, 1.82) is 0 Å². The van der Waals surface area contributed by atoms with Crippen molar-refractivity contribution in [3.63, 3.8) is 0 Å². The number of carbonyl (C=O) groups is 2. The molecule has 5 heterocycles. The van der Waals surface area contributed by atoms with Gasteiger partial charge in [0, 0.05) is 22.6 Å². The molecule has 12 nitrogen and oxygen atoms in total. The number of pyridine rings is 2. The average Bonchev–Trinajstić information content (AvgIpc) is 3.53. The fourth-order valence-electron chi connectivity index (χ4n) is 4.87. The van der Waals surface area contributed by atoms with Crippen LogP contribution < -0.4 is 26.1 Å². The summed E-state index contributed by atoms with van der Waals surface area (Å²) >= 11 is 0. The lowest BCUT2D eigenvalue weighted by Gasteiger charge is -2.21. The molecule has 0 unspecified atom stereocenters. The zero-order chi connectivity index (χ0) is 26.4. The first-order chi connectivity index (χ1) is 18.5. The minimum atomic E-state index is -1.52. The van der Waals surface area contributed by atoms with Crippen molar-refractivity contribution in [3.8, 4) is 22.9 Å². The number of aliphatic hydroxyl groups is 1. The summed E-state index contributed by atoms with van der Waals surface area (Å²) in [5, 5.41) is 13.8. The first kappa shape index (κ1) is 24.1. The molecule has 196 valence electrons. The van der Waals surface area contributed by atoms with E-state index in [-0.39, 0.29) is 55.8 Å². The van der Waals surface area contributed by atoms with Crippen LogP contribution in [0.25, 0.3) is 28.4 Å². The molecule has 0 bridgehead atoms. The van der Waals surface area contributed by atoms with E-state index in [1.165, 1.54) is 0 Å². The number of nitrogens with zero attached hydrogens (tertiary/aromatic N) is 2. The summed E-state index contributed by atoms with van der Waals surface area (Å²) in [5.74, 6) is 0.104. The highest BCUT2D eigenvalue weighted by molar-refractivity contribution is 5.95. The lowest BCUT2D eigenvalue weighted by molar-refractivity contribution is -0.157. The number of nitrogens with one attached hydrogen (secondary N) is 1. The maximum atomic E-state index is 13.3. The molecule has 3 aliphatic rings. The molecule has 1 amide bonds. The molecule has 0 fully saturated rings. The topological polar surface area (TPSA) is 164 Å². The number of aromatic nitrogens is 2. The Balaban J connectivity index is 1.39. The van der Waals surface area contributed by atoms with Crippen LogP contribution in [-0.2, 0) is 32.2 Å². The van der Waals surface area contributed by atoms with E-state index in [2.05, 4.69) is 5.32 Å². The molecule has 0 radical (unpaired) electrons. The van der Waals surface area contributed by atoms with Crippen LogP contribution in [-0.4, -0.2) is 53.2 Å². The van der Waals surface area contributed by atoms with Gasteiger partial charge in [0.1, 0.15) is 13.3 Å². The van der Waals surface area contributed by atoms with Gasteiger partial charge in [0.25, 0.3) is 5.56 Å². The van der Waals surface area contributed by atoms with Crippen molar-refractivity contribution in [3.05, 3.63) is 56.9 Å². The van der Waals surface area contributed by atoms with Gasteiger partial charge >= 0.3 is 5.97 Å². The van der Waals surface area contributed by atoms with E-state index in [9.17, 15) is 19.5 Å². The van der Waals surface area contributed by atoms with E-state index >= 15 is 0 Å². The van der Waals surface area contributed by atoms with Crippen molar-refractivity contribution in [2.24, 2.45) is 5.73 Å². The van der Waals surface area contributed by atoms with Gasteiger partial charge in [0.05, 0.1) is 42.2 Å². The largest absolute Gasteiger partial charge is 0.458 e. The van der Waals surface area contributed by atoms with Crippen molar-refractivity contribution < 1.29 is 33.6 Å². The normalized spacial score (nSPS) is 16.9. The molecule has 6 rings (SSSR count). The van der Waals surface area contributed by atoms with Gasteiger partial charge in [-0.2, -0.15) is 0 Å². The standard InChI is InChI=1S/C26H24N4O8/c27-8-22(31)28-11-35-4-2-1-3-13-14-6-20-21(38-12-37-20)7-18(14)29-23-16(13)9-30-19(23)5-15-17(25(30)33)10-36-26(34)24(15)32/h1,3,5-7,24,32H,2,4,8-12,27H2,(H,28,31)/b3-1+/t24-/m0/s1. The Morgan fingerprint density at radius 1 is 1.21 bits per heavy atom. The van der Waals surface area contributed by atoms with Crippen LogP contribution in [0.3, 0.4) is 0 Å². The number of aliphatic hydroxyl groups excluding tert-OH is 1. The number of carbonyl (C=O) groups excluding carboxylic acids is 2. The molecule has 0 aliphatic carbocycles. The van der Waals surface area contributed by atoms with Crippen LogP contribution in [0.1, 0.15) is 34.8 Å². The summed E-state index contributed by atoms with van der Waals surface area (Å²) in [6, 6.07) is 5.32. The Bertz CT molecular complexity index is 1580. The highest BCUT2D eigenvalue weighted by Crippen LogP contribution is 2.42. The van der Waals surface area contributed by atoms with Crippen LogP contribution in [0.2, 0.25) is 0 Å². The molecule has 12 heteroatoms. The minimum Gasteiger partial charge on any atom is -0.458 e. The summed E-state index contributed by atoms with van der Waals surface area (Å²) in [6.45, 7) is 0.542. The average molecular weight is 520 g/mol. The molecular formula is C26H24N4O8. The first-order valence-corrected chi connectivity index (χ1v) is 12.0. The second-order valence-corrected chi connectivity index (χ2v) is 8.99. The van der Waals surface area contributed by atoms with E-state index in [4.69, 9.17) is 29.7 Å². The van der Waals surface area contributed by atoms with Gasteiger partial charge in [0.2, 0.25) is 12.7 Å². The quantitative estimate of drug-likeness (QED) is 0.179. The second-order valence-electron chi connectivity index (χ2n) is 8.99. The zero-order valence-electron chi connectivity index (χ0n) is 20.2. The number of nitrogens with two attached hydrogens (primary N) is 1. The van der Waals surface area contributed by atoms with Gasteiger partial charge in [-0.3, -0.25) is 9.59 Å². The van der Waals surface area contributed by atoms with E-state index in [1.54, 1.807) is 16.7 Å². The second kappa shape index (κ2) is 9.56. The molecule has 0 spiro atoms. The first-order valence-electron chi connectivity index (χ1n) is 12.0. The third-order valence-corrected chi connectivity index (χ3v) is 6.76. The predicted molar refractivity (Wildman–Crippen MR) is 133 cm³/mol. The van der Waals surface area contributed by atoms with Gasteiger partial charge in [-0.15, -0.1) is 0 Å². The summed E-state index contributed by atoms with van der Waals surface area (Å²) in [6.07, 6.45) is 2.93. The van der Waals surface area contributed by atoms with E-state index in [0.717, 1.165) is 16.5 Å². The van der Waals surface area contributed by atoms with E-state index in [0.29, 0.717) is 41.4 Å². The van der Waals surface area contributed by atoms with Gasteiger partial charge in [-0.1, -0.05) is 12.2 Å². The molecule has 0 saturated carbocycles. The highest BCUT2D eigenvalue weighted by Gasteiger charge is 2.34. The number of hydrogen-bond donors (Lipinski definition) is 3. The van der Waals surface area contributed by atoms with Crippen molar-refractivity contribution in [1.82, 2.24) is 14.9 Å². The van der Waals surface area contributed by atoms with Crippen molar-refractivity contribution >= 4 is 28.9 Å². The molecule has 2 aromatic heterocycles. The van der Waals surface area contributed by atoms with Crippen LogP contribution in [0, 0.1) is 0 Å². The molecule has 3 aromatic rings. The van der Waals surface area contributed by atoms with Gasteiger partial charge in [-0.05, 0) is 24.1 Å². The minimum absolute atomic E-state index is 0.0713. The summed E-state index contributed by atoms with van der Waals surface area (Å²) in [5.41, 5.74) is 8.86. The van der Waals surface area contributed by atoms with E-state index in [1.807, 2.05) is 18.2 Å². The number of fused-ring (bicyclic) bond motifs is 6.